The third-order valence-corrected chi connectivity index (χ3v) is 3.82. The van der Waals surface area contributed by atoms with Crippen molar-refractivity contribution in [3.8, 4) is 0 Å². The second-order valence-electron chi connectivity index (χ2n) is 6.05. The van der Waals surface area contributed by atoms with E-state index < -0.39 is 0 Å². The average molecular weight is 322 g/mol. The summed E-state index contributed by atoms with van der Waals surface area (Å²) in [4.78, 5) is 12.2. The summed E-state index contributed by atoms with van der Waals surface area (Å²) in [7, 11) is 1.87. The minimum Gasteiger partial charge on any atom is -0.379 e. The van der Waals surface area contributed by atoms with Gasteiger partial charge in [0.05, 0.1) is 25.4 Å². The minimum absolute atomic E-state index is 0.00173. The van der Waals surface area contributed by atoms with Gasteiger partial charge >= 0.3 is 0 Å². The van der Waals surface area contributed by atoms with Gasteiger partial charge in [0, 0.05) is 26.5 Å². The van der Waals surface area contributed by atoms with Gasteiger partial charge < -0.3 is 19.4 Å². The van der Waals surface area contributed by atoms with E-state index in [1.807, 2.05) is 31.5 Å². The number of hydrogen-bond acceptors (Lipinski definition) is 5. The molecule has 0 saturated carbocycles. The summed E-state index contributed by atoms with van der Waals surface area (Å²) >= 11 is 0. The summed E-state index contributed by atoms with van der Waals surface area (Å²) in [5, 5.41) is 10.8. The summed E-state index contributed by atoms with van der Waals surface area (Å²) in [6.07, 6.45) is 5.42. The van der Waals surface area contributed by atoms with Gasteiger partial charge in [-0.1, -0.05) is 11.6 Å². The molecule has 7 heteroatoms. The highest BCUT2D eigenvalue weighted by molar-refractivity contribution is 5.76. The smallest absolute Gasteiger partial charge is 0.220 e. The molecule has 0 unspecified atom stereocenters. The van der Waals surface area contributed by atoms with Crippen LogP contribution in [-0.4, -0.2) is 52.6 Å². The highest BCUT2D eigenvalue weighted by Crippen LogP contribution is 2.13. The maximum atomic E-state index is 12.2. The minimum atomic E-state index is -0.0960. The summed E-state index contributed by atoms with van der Waals surface area (Å²) in [6.45, 7) is 5.82. The van der Waals surface area contributed by atoms with Crippen LogP contribution >= 0.6 is 0 Å². The van der Waals surface area contributed by atoms with Crippen LogP contribution in [0.2, 0.25) is 0 Å². The van der Waals surface area contributed by atoms with E-state index in [1.165, 1.54) is 5.57 Å². The zero-order valence-corrected chi connectivity index (χ0v) is 14.1. The van der Waals surface area contributed by atoms with Crippen LogP contribution in [-0.2, 0) is 27.7 Å². The molecule has 0 bridgehead atoms. The quantitative estimate of drug-likeness (QED) is 0.758. The first-order valence-corrected chi connectivity index (χ1v) is 8.01. The molecule has 1 aliphatic rings. The van der Waals surface area contributed by atoms with Gasteiger partial charge in [0.1, 0.15) is 12.2 Å². The topological polar surface area (TPSA) is 78.3 Å². The van der Waals surface area contributed by atoms with E-state index in [0.29, 0.717) is 32.7 Å². The zero-order valence-electron chi connectivity index (χ0n) is 14.1. The van der Waals surface area contributed by atoms with Crippen LogP contribution in [0, 0.1) is 0 Å². The second-order valence-corrected chi connectivity index (χ2v) is 6.05. The molecule has 2 rings (SSSR count). The predicted octanol–water partition coefficient (Wildman–Crippen LogP) is 1.00. The number of hydrogen-bond donors (Lipinski definition) is 1. The first-order valence-electron chi connectivity index (χ1n) is 8.01. The average Bonchev–Trinajstić information content (AvgIpc) is 2.92. The first kappa shape index (κ1) is 17.6. The number of nitrogens with zero attached hydrogens (tertiary/aromatic N) is 3. The van der Waals surface area contributed by atoms with Gasteiger partial charge in [-0.25, -0.2) is 0 Å². The Labute approximate surface area is 137 Å². The third-order valence-electron chi connectivity index (χ3n) is 3.82. The molecule has 2 heterocycles. The predicted molar refractivity (Wildman–Crippen MR) is 85.9 cm³/mol. The van der Waals surface area contributed by atoms with Crippen molar-refractivity contribution in [2.45, 2.75) is 45.3 Å². The van der Waals surface area contributed by atoms with Gasteiger partial charge in [-0.05, 0) is 20.3 Å². The number of allylic oxidation sites excluding steroid dienone is 1. The van der Waals surface area contributed by atoms with Gasteiger partial charge in [-0.15, -0.1) is 10.2 Å². The summed E-state index contributed by atoms with van der Waals surface area (Å²) < 4.78 is 13.2. The molecule has 1 fully saturated rings. The summed E-state index contributed by atoms with van der Waals surface area (Å²) in [5.41, 5.74) is 1.22. The van der Waals surface area contributed by atoms with E-state index in [4.69, 9.17) is 9.47 Å². The van der Waals surface area contributed by atoms with Crippen LogP contribution in [0.3, 0.4) is 0 Å². The molecule has 0 spiro atoms. The van der Waals surface area contributed by atoms with Crippen molar-refractivity contribution in [3.05, 3.63) is 23.8 Å². The van der Waals surface area contributed by atoms with E-state index in [0.717, 1.165) is 12.2 Å². The van der Waals surface area contributed by atoms with Crippen LogP contribution in [0.5, 0.6) is 0 Å². The number of amides is 1. The van der Waals surface area contributed by atoms with E-state index >= 15 is 0 Å². The largest absolute Gasteiger partial charge is 0.379 e. The maximum Gasteiger partial charge on any atom is 0.220 e. The molecule has 2 atom stereocenters. The lowest BCUT2D eigenvalue weighted by molar-refractivity contribution is -0.125. The third kappa shape index (κ3) is 5.76. The number of aryl methyl sites for hydroxylation is 2. The Morgan fingerprint density at radius 2 is 2.39 bits per heavy atom. The molecule has 1 N–H and O–H groups in total. The van der Waals surface area contributed by atoms with Crippen LogP contribution in [0.4, 0.5) is 0 Å². The Hall–Kier alpha value is -1.73. The molecule has 0 aromatic carbocycles. The molecule has 23 heavy (non-hydrogen) atoms. The lowest BCUT2D eigenvalue weighted by atomic mass is 10.1. The van der Waals surface area contributed by atoms with Crippen molar-refractivity contribution in [2.24, 2.45) is 7.05 Å². The molecule has 1 amide bonds. The van der Waals surface area contributed by atoms with Gasteiger partial charge in [0.2, 0.25) is 5.91 Å². The van der Waals surface area contributed by atoms with Gasteiger partial charge in [-0.2, -0.15) is 0 Å². The molecule has 1 saturated heterocycles. The Morgan fingerprint density at radius 1 is 1.57 bits per heavy atom. The van der Waals surface area contributed by atoms with E-state index in [-0.39, 0.29) is 18.1 Å². The molecule has 1 aromatic rings. The van der Waals surface area contributed by atoms with Gasteiger partial charge in [-0.3, -0.25) is 4.79 Å². The fourth-order valence-corrected chi connectivity index (χ4v) is 2.43. The number of nitrogens with one attached hydrogen (secondary N) is 1. The van der Waals surface area contributed by atoms with E-state index in [9.17, 15) is 4.79 Å². The van der Waals surface area contributed by atoms with Crippen molar-refractivity contribution in [3.63, 3.8) is 0 Å². The standard InChI is InChI=1S/C16H26N4O3/c1-12(2)6-9-23-14-7-8-22-10-13(14)18-16(21)5-4-15-19-17-11-20(15)3/h6,11,13-14H,4-5,7-10H2,1-3H3,(H,18,21)/t13-,14+/m1/s1. The van der Waals surface area contributed by atoms with Crippen LogP contribution < -0.4 is 5.32 Å². The fraction of sp³-hybridized carbons (Fsp3) is 0.688. The molecule has 0 radical (unpaired) electrons. The Balaban J connectivity index is 1.79. The lowest BCUT2D eigenvalue weighted by Gasteiger charge is -2.31. The van der Waals surface area contributed by atoms with Crippen molar-refractivity contribution in [2.75, 3.05) is 19.8 Å². The monoisotopic (exact) mass is 322 g/mol. The highest BCUT2D eigenvalue weighted by atomic mass is 16.5. The lowest BCUT2D eigenvalue weighted by Crippen LogP contribution is -2.50. The Morgan fingerprint density at radius 3 is 3.09 bits per heavy atom. The number of carbonyl (C=O) groups is 1. The van der Waals surface area contributed by atoms with Crippen molar-refractivity contribution in [1.29, 1.82) is 0 Å². The number of carbonyl (C=O) groups excluding carboxylic acids is 1. The molecular weight excluding hydrogens is 296 g/mol. The Bertz CT molecular complexity index is 537. The van der Waals surface area contributed by atoms with E-state index in [2.05, 4.69) is 15.5 Å². The zero-order chi connectivity index (χ0) is 16.7. The number of aromatic nitrogens is 3. The maximum absolute atomic E-state index is 12.2. The van der Waals surface area contributed by atoms with Crippen molar-refractivity contribution >= 4 is 5.91 Å². The van der Waals surface area contributed by atoms with Crippen LogP contribution in [0.15, 0.2) is 18.0 Å². The van der Waals surface area contributed by atoms with Crippen LogP contribution in [0.25, 0.3) is 0 Å². The fourth-order valence-electron chi connectivity index (χ4n) is 2.43. The second kappa shape index (κ2) is 8.79. The van der Waals surface area contributed by atoms with Crippen LogP contribution in [0.1, 0.15) is 32.5 Å². The molecule has 1 aromatic heterocycles. The van der Waals surface area contributed by atoms with Gasteiger partial charge in [0.15, 0.2) is 0 Å². The normalized spacial score (nSPS) is 21.0. The SMILES string of the molecule is CC(C)=CCO[C@H]1CCOC[C@H]1NC(=O)CCc1nncn1C. The van der Waals surface area contributed by atoms with Gasteiger partial charge in [0.25, 0.3) is 0 Å². The summed E-state index contributed by atoms with van der Waals surface area (Å²) in [5.74, 6) is 0.788. The number of rotatable bonds is 7. The summed E-state index contributed by atoms with van der Waals surface area (Å²) in [6, 6.07) is -0.0960. The molecular formula is C16H26N4O3. The molecule has 1 aliphatic heterocycles. The highest BCUT2D eigenvalue weighted by Gasteiger charge is 2.27. The molecule has 128 valence electrons. The van der Waals surface area contributed by atoms with Crippen molar-refractivity contribution in [1.82, 2.24) is 20.1 Å². The van der Waals surface area contributed by atoms with Crippen molar-refractivity contribution < 1.29 is 14.3 Å². The van der Waals surface area contributed by atoms with E-state index in [1.54, 1.807) is 6.33 Å². The molecule has 0 aliphatic carbocycles. The first-order chi connectivity index (χ1) is 11.1. The molecule has 7 nitrogen and oxygen atoms in total. The number of ether oxygens (including phenoxy) is 2. The Kier molecular flexibility index (Phi) is 6.73.